The van der Waals surface area contributed by atoms with Gasteiger partial charge in [0, 0.05) is 45.1 Å². The van der Waals surface area contributed by atoms with Crippen LogP contribution in [0.1, 0.15) is 139 Å². The van der Waals surface area contributed by atoms with Crippen LogP contribution in [-0.4, -0.2) is 107 Å². The molecule has 0 aliphatic carbocycles. The zero-order valence-corrected chi connectivity index (χ0v) is 46.5. The lowest BCUT2D eigenvalue weighted by molar-refractivity contribution is -0.385. The Labute approximate surface area is 413 Å². The lowest BCUT2D eigenvalue weighted by Gasteiger charge is -2.56. The highest BCUT2D eigenvalue weighted by Gasteiger charge is 2.59. The summed E-state index contributed by atoms with van der Waals surface area (Å²) in [4.78, 5) is 0. The second-order valence-corrected chi connectivity index (χ2v) is 34.3. The van der Waals surface area contributed by atoms with Gasteiger partial charge in [-0.15, -0.1) is 11.8 Å². The molecular formula is C56H88O10Si2. The van der Waals surface area contributed by atoms with Gasteiger partial charge in [0.05, 0.1) is 86.0 Å². The van der Waals surface area contributed by atoms with Crippen LogP contribution in [0.4, 0.5) is 0 Å². The quantitative estimate of drug-likeness (QED) is 0.104. The first kappa shape index (κ1) is 53.8. The number of ether oxygens (including phenoxy) is 8. The monoisotopic (exact) mass is 977 g/mol. The van der Waals surface area contributed by atoms with Gasteiger partial charge in [-0.3, -0.25) is 0 Å². The van der Waals surface area contributed by atoms with Gasteiger partial charge in [-0.05, 0) is 94.9 Å². The molecule has 5 saturated heterocycles. The molecule has 0 amide bonds. The largest absolute Gasteiger partial charge is 0.411 e. The second-order valence-electron chi connectivity index (χ2n) is 24.8. The molecule has 0 radical (unpaired) electrons. The van der Waals surface area contributed by atoms with Crippen LogP contribution in [0.15, 0.2) is 60.7 Å². The summed E-state index contributed by atoms with van der Waals surface area (Å²) in [5, 5.41) is 0.0422. The van der Waals surface area contributed by atoms with E-state index in [-0.39, 0.29) is 65.0 Å². The molecule has 0 unspecified atom stereocenters. The molecule has 0 spiro atoms. The van der Waals surface area contributed by atoms with Crippen LogP contribution in [0.25, 0.3) is 0 Å². The molecular weight excluding hydrogens is 889 g/mol. The highest BCUT2D eigenvalue weighted by Crippen LogP contribution is 2.50. The molecule has 10 nitrogen and oxygen atoms in total. The van der Waals surface area contributed by atoms with Gasteiger partial charge in [-0.2, -0.15) is 0 Å². The molecule has 12 atom stereocenters. The SMILES string of the molecule is CC1(C)OC[C@]2(C)O[C@]3(C)CC[C@@H]4O[C@H](CC#CC[C@@H]5O[C@](C)(CCOCc6ccccc6)[C@@H](OCc6ccccc6)C[C@H]5O[Si](C)(C)C(C)(C)C)[C@@H](O[Si](C)(C)C(C)(C)C)C[C@@H]4O[C@H]3C[C@H]2O1. The Kier molecular flexibility index (Phi) is 16.5. The number of rotatable bonds is 14. The van der Waals surface area contributed by atoms with Crippen LogP contribution < -0.4 is 0 Å². The van der Waals surface area contributed by atoms with E-state index in [2.05, 4.69) is 149 Å². The molecule has 2 aromatic carbocycles. The Morgan fingerprint density at radius 2 is 1.22 bits per heavy atom. The molecule has 5 aliphatic rings. The van der Waals surface area contributed by atoms with E-state index in [4.69, 9.17) is 46.7 Å². The Morgan fingerprint density at radius 1 is 0.647 bits per heavy atom. The van der Waals surface area contributed by atoms with Gasteiger partial charge in [-0.1, -0.05) is 102 Å². The molecule has 380 valence electrons. The van der Waals surface area contributed by atoms with Crippen molar-refractivity contribution in [1.29, 1.82) is 0 Å². The van der Waals surface area contributed by atoms with Crippen molar-refractivity contribution in [2.24, 2.45) is 0 Å². The third-order valence-electron chi connectivity index (χ3n) is 16.6. The first-order valence-electron chi connectivity index (χ1n) is 25.8. The molecule has 7 rings (SSSR count). The number of fused-ring (bicyclic) bond motifs is 3. The summed E-state index contributed by atoms with van der Waals surface area (Å²) < 4.78 is 69.0. The van der Waals surface area contributed by atoms with Gasteiger partial charge >= 0.3 is 0 Å². The first-order chi connectivity index (χ1) is 31.7. The molecule has 5 heterocycles. The van der Waals surface area contributed by atoms with Crippen LogP contribution in [0.3, 0.4) is 0 Å². The smallest absolute Gasteiger partial charge is 0.192 e. The number of hydrogen-bond donors (Lipinski definition) is 0. The zero-order valence-electron chi connectivity index (χ0n) is 44.5. The highest BCUT2D eigenvalue weighted by molar-refractivity contribution is 6.74. The fraction of sp³-hybridized carbons (Fsp3) is 0.750. The summed E-state index contributed by atoms with van der Waals surface area (Å²) in [6.07, 6.45) is 4.07. The summed E-state index contributed by atoms with van der Waals surface area (Å²) in [5.41, 5.74) is 0.611. The average Bonchev–Trinajstić information content (AvgIpc) is 3.38. The molecule has 0 aromatic heterocycles. The minimum atomic E-state index is -2.22. The Morgan fingerprint density at radius 3 is 1.82 bits per heavy atom. The summed E-state index contributed by atoms with van der Waals surface area (Å²) in [6, 6.07) is 20.7. The highest BCUT2D eigenvalue weighted by atomic mass is 28.4. The molecule has 5 aliphatic heterocycles. The topological polar surface area (TPSA) is 92.3 Å². The van der Waals surface area contributed by atoms with Gasteiger partial charge in [-0.25, -0.2) is 0 Å². The fourth-order valence-corrected chi connectivity index (χ4v) is 12.9. The van der Waals surface area contributed by atoms with Crippen LogP contribution in [0.2, 0.25) is 36.3 Å². The molecule has 0 N–H and O–H groups in total. The molecule has 0 saturated carbocycles. The van der Waals surface area contributed by atoms with E-state index >= 15 is 0 Å². The molecule has 2 aromatic rings. The second kappa shape index (κ2) is 20.9. The van der Waals surface area contributed by atoms with Gasteiger partial charge in [0.15, 0.2) is 22.4 Å². The van der Waals surface area contributed by atoms with Crippen molar-refractivity contribution in [3.8, 4) is 11.8 Å². The van der Waals surface area contributed by atoms with Crippen LogP contribution in [0, 0.1) is 11.8 Å². The Bertz CT molecular complexity index is 2010. The van der Waals surface area contributed by atoms with Gasteiger partial charge in [0.1, 0.15) is 5.60 Å². The summed E-state index contributed by atoms with van der Waals surface area (Å²) in [7, 11) is -4.43. The molecule has 68 heavy (non-hydrogen) atoms. The predicted octanol–water partition coefficient (Wildman–Crippen LogP) is 12.1. The number of hydrogen-bond acceptors (Lipinski definition) is 10. The van der Waals surface area contributed by atoms with E-state index in [1.807, 2.05) is 26.0 Å². The minimum absolute atomic E-state index is 0.0172. The van der Waals surface area contributed by atoms with E-state index in [0.717, 1.165) is 36.8 Å². The molecule has 0 bridgehead atoms. The van der Waals surface area contributed by atoms with Crippen LogP contribution in [0.5, 0.6) is 0 Å². The van der Waals surface area contributed by atoms with Crippen molar-refractivity contribution >= 4 is 16.6 Å². The molecule has 5 fully saturated rings. The third kappa shape index (κ3) is 12.8. The average molecular weight is 977 g/mol. The maximum Gasteiger partial charge on any atom is 0.192 e. The minimum Gasteiger partial charge on any atom is -0.411 e. The van der Waals surface area contributed by atoms with E-state index in [1.165, 1.54) is 0 Å². The van der Waals surface area contributed by atoms with Crippen molar-refractivity contribution < 1.29 is 46.7 Å². The maximum atomic E-state index is 7.30. The van der Waals surface area contributed by atoms with Gasteiger partial charge in [0.2, 0.25) is 0 Å². The van der Waals surface area contributed by atoms with E-state index in [9.17, 15) is 0 Å². The number of benzene rings is 2. The summed E-state index contributed by atoms with van der Waals surface area (Å²) >= 11 is 0. The molecule has 12 heteroatoms. The standard InChI is InChI=1S/C56H88O10Si2/c1-51(2,3)67(12,13)64-46-34-45-43(30-31-55(10)49(61-45)36-50-56(11,66-55)39-59-53(7,8)63-50)60-42(46)28-22-23-29-44-47(65-68(14,15)52(4,5)6)35-48(58-38-41-26-20-17-21-27-41)54(9,62-44)32-33-57-37-40-24-18-16-19-25-40/h16-21,24-27,42-50H,28-39H2,1-15H3/t42-,43+,44+,45+,46+,47-,48+,49+,50-,54-,55-,56+/m1/s1. The van der Waals surface area contributed by atoms with Crippen LogP contribution in [-0.2, 0) is 60.0 Å². The third-order valence-corrected chi connectivity index (χ3v) is 25.7. The lowest BCUT2D eigenvalue weighted by atomic mass is 9.79. The summed E-state index contributed by atoms with van der Waals surface area (Å²) in [5.74, 6) is 6.58. The first-order valence-corrected chi connectivity index (χ1v) is 31.6. The summed E-state index contributed by atoms with van der Waals surface area (Å²) in [6.45, 7) is 35.6. The zero-order chi connectivity index (χ0) is 49.4. The van der Waals surface area contributed by atoms with Gasteiger partial charge in [0.25, 0.3) is 0 Å². The Hall–Kier alpha value is -1.97. The predicted molar refractivity (Wildman–Crippen MR) is 273 cm³/mol. The van der Waals surface area contributed by atoms with Crippen molar-refractivity contribution in [3.05, 3.63) is 71.8 Å². The normalized spacial score (nSPS) is 35.5. The maximum absolute atomic E-state index is 7.30. The van der Waals surface area contributed by atoms with Gasteiger partial charge < -0.3 is 46.7 Å². The van der Waals surface area contributed by atoms with Crippen molar-refractivity contribution in [2.45, 2.75) is 255 Å². The fourth-order valence-electron chi connectivity index (χ4n) is 10.2. The van der Waals surface area contributed by atoms with Crippen LogP contribution >= 0.6 is 0 Å². The lowest BCUT2D eigenvalue weighted by Crippen LogP contribution is -2.67. The van der Waals surface area contributed by atoms with Crippen molar-refractivity contribution in [3.63, 3.8) is 0 Å². The van der Waals surface area contributed by atoms with E-state index in [0.29, 0.717) is 52.1 Å². The van der Waals surface area contributed by atoms with Crippen molar-refractivity contribution in [2.75, 3.05) is 13.2 Å². The Balaban J connectivity index is 1.10. The van der Waals surface area contributed by atoms with E-state index < -0.39 is 39.2 Å². The van der Waals surface area contributed by atoms with Crippen molar-refractivity contribution in [1.82, 2.24) is 0 Å². The van der Waals surface area contributed by atoms with E-state index in [1.54, 1.807) is 0 Å².